The molecular formula is C60H50N4. The lowest BCUT2D eigenvalue weighted by Crippen LogP contribution is -2.10. The van der Waals surface area contributed by atoms with E-state index >= 15 is 0 Å². The maximum Gasteiger partial charge on any atom is 0.0701 e. The van der Waals surface area contributed by atoms with E-state index in [2.05, 4.69) is 209 Å². The molecule has 2 N–H and O–H groups in total. The van der Waals surface area contributed by atoms with Crippen molar-refractivity contribution in [3.05, 3.63) is 242 Å². The maximum absolute atomic E-state index is 6.41. The minimum atomic E-state index is 0.725. The Morgan fingerprint density at radius 3 is 1.66 bits per heavy atom. The van der Waals surface area contributed by atoms with E-state index in [4.69, 9.17) is 5.73 Å². The van der Waals surface area contributed by atoms with Crippen LogP contribution >= 0.6 is 0 Å². The molecule has 4 heteroatoms. The molecule has 0 fully saturated rings. The molecule has 0 saturated heterocycles. The molecule has 0 spiro atoms. The average molecular weight is 827 g/mol. The summed E-state index contributed by atoms with van der Waals surface area (Å²) in [5, 5.41) is 2.47. The number of rotatable bonds is 10. The van der Waals surface area contributed by atoms with E-state index in [1.165, 1.54) is 38.5 Å². The Labute approximate surface area is 376 Å². The molecule has 10 aromatic rings. The predicted molar refractivity (Wildman–Crippen MR) is 273 cm³/mol. The van der Waals surface area contributed by atoms with Gasteiger partial charge in [-0.05, 0) is 125 Å². The lowest BCUT2D eigenvalue weighted by molar-refractivity contribution is 1.18. The van der Waals surface area contributed by atoms with Crippen LogP contribution in [0.25, 0.3) is 77.8 Å². The first-order valence-electron chi connectivity index (χ1n) is 22.0. The largest absolute Gasteiger partial charge is 0.398 e. The van der Waals surface area contributed by atoms with Crippen molar-refractivity contribution >= 4 is 44.6 Å². The van der Waals surface area contributed by atoms with Crippen LogP contribution in [-0.2, 0) is 0 Å². The number of allylic oxidation sites excluding steroid dienone is 3. The molecule has 0 radical (unpaired) electrons. The molecule has 10 rings (SSSR count). The summed E-state index contributed by atoms with van der Waals surface area (Å²) >= 11 is 0. The summed E-state index contributed by atoms with van der Waals surface area (Å²) < 4.78 is 2.42. The van der Waals surface area contributed by atoms with Gasteiger partial charge in [0.1, 0.15) is 0 Å². The molecule has 0 atom stereocenters. The van der Waals surface area contributed by atoms with Crippen molar-refractivity contribution in [3.8, 4) is 50.3 Å². The van der Waals surface area contributed by atoms with Gasteiger partial charge in [0.05, 0.1) is 16.7 Å². The van der Waals surface area contributed by atoms with Crippen molar-refractivity contribution in [2.75, 3.05) is 4.90 Å². The highest BCUT2D eigenvalue weighted by Gasteiger charge is 2.19. The highest BCUT2D eigenvalue weighted by Crippen LogP contribution is 2.42. The molecule has 0 bridgehead atoms. The topological polar surface area (TPSA) is 47.1 Å². The molecule has 0 aliphatic heterocycles. The van der Waals surface area contributed by atoms with Gasteiger partial charge >= 0.3 is 0 Å². The zero-order chi connectivity index (χ0) is 43.8. The molecule has 0 amide bonds. The number of hydrogen-bond donors (Lipinski definition) is 1. The SMILES string of the molecule is C/C=C\C=C(/N)c1ccc(N(c2ccc(-c3ccc(-c4cc(-c5ccccc5)cc5c6ccccc6n(-c6ccccc6)c45)cc3)cc2)c2ccc(-c3ccccn3)cc2)cc1.CC. The first-order chi connectivity index (χ1) is 31.6. The number of nitrogens with two attached hydrogens (primary N) is 1. The summed E-state index contributed by atoms with van der Waals surface area (Å²) in [5.74, 6) is 0. The Balaban J connectivity index is 0.00000256. The molecule has 8 aromatic carbocycles. The van der Waals surface area contributed by atoms with Gasteiger partial charge in [0.25, 0.3) is 0 Å². The quantitative estimate of drug-likeness (QED) is 0.140. The Hall–Kier alpha value is -8.21. The normalized spacial score (nSPS) is 11.5. The number of fused-ring (bicyclic) bond motifs is 3. The fraction of sp³-hybridized carbons (Fsp3) is 0.0500. The van der Waals surface area contributed by atoms with E-state index in [0.29, 0.717) is 0 Å². The van der Waals surface area contributed by atoms with Crippen LogP contribution in [0.4, 0.5) is 17.1 Å². The van der Waals surface area contributed by atoms with Crippen molar-refractivity contribution in [1.29, 1.82) is 0 Å². The fourth-order valence-electron chi connectivity index (χ4n) is 8.47. The molecule has 0 unspecified atom stereocenters. The molecule has 4 nitrogen and oxygen atoms in total. The Morgan fingerprint density at radius 1 is 0.500 bits per heavy atom. The highest BCUT2D eigenvalue weighted by atomic mass is 15.1. The van der Waals surface area contributed by atoms with Crippen LogP contribution in [0.2, 0.25) is 0 Å². The van der Waals surface area contributed by atoms with E-state index in [0.717, 1.165) is 62.0 Å². The molecule has 0 aliphatic carbocycles. The molecule has 2 heterocycles. The second kappa shape index (κ2) is 18.8. The lowest BCUT2D eigenvalue weighted by Gasteiger charge is -2.26. The Kier molecular flexibility index (Phi) is 12.1. The fourth-order valence-corrected chi connectivity index (χ4v) is 8.47. The van der Waals surface area contributed by atoms with Crippen LogP contribution in [-0.4, -0.2) is 9.55 Å². The third-order valence-electron chi connectivity index (χ3n) is 11.6. The van der Waals surface area contributed by atoms with Gasteiger partial charge in [-0.25, -0.2) is 0 Å². The van der Waals surface area contributed by atoms with Crippen molar-refractivity contribution in [1.82, 2.24) is 9.55 Å². The highest BCUT2D eigenvalue weighted by molar-refractivity contribution is 6.15. The third kappa shape index (κ3) is 8.25. The second-order valence-corrected chi connectivity index (χ2v) is 15.4. The van der Waals surface area contributed by atoms with Crippen molar-refractivity contribution < 1.29 is 0 Å². The average Bonchev–Trinajstić information content (AvgIpc) is 3.72. The van der Waals surface area contributed by atoms with Crippen LogP contribution in [0.1, 0.15) is 26.3 Å². The zero-order valence-corrected chi connectivity index (χ0v) is 36.4. The summed E-state index contributed by atoms with van der Waals surface area (Å²) in [7, 11) is 0. The zero-order valence-electron chi connectivity index (χ0n) is 36.4. The van der Waals surface area contributed by atoms with Crippen molar-refractivity contribution in [3.63, 3.8) is 0 Å². The van der Waals surface area contributed by atoms with Gasteiger partial charge in [0.15, 0.2) is 0 Å². The van der Waals surface area contributed by atoms with Crippen LogP contribution in [0.5, 0.6) is 0 Å². The molecule has 0 aliphatic rings. The minimum Gasteiger partial charge on any atom is -0.398 e. The van der Waals surface area contributed by atoms with Gasteiger partial charge in [0.2, 0.25) is 0 Å². The standard InChI is InChI=1S/C58H44N4.C2H6/c1-2-3-19-55(59)45-28-34-50(35-29-45)61(51-36-30-46(31-37-51)56-20-12-13-38-60-56)49-32-26-43(27-33-49)42-22-24-44(25-23-42)53-39-47(41-14-6-4-7-15-41)40-54-52-18-10-11-21-57(52)62(58(53)54)48-16-8-5-9-17-48;1-2/h2-40H,59H2,1H3;1-2H3/b3-2-,55-19-;. The predicted octanol–water partition coefficient (Wildman–Crippen LogP) is 16.2. The van der Waals surface area contributed by atoms with Crippen LogP contribution in [0, 0.1) is 0 Å². The number of pyridine rings is 1. The first kappa shape index (κ1) is 41.2. The molecule has 64 heavy (non-hydrogen) atoms. The van der Waals surface area contributed by atoms with E-state index in [1.54, 1.807) is 0 Å². The maximum atomic E-state index is 6.41. The van der Waals surface area contributed by atoms with Crippen molar-refractivity contribution in [2.24, 2.45) is 5.73 Å². The molecule has 2 aromatic heterocycles. The van der Waals surface area contributed by atoms with Crippen LogP contribution in [0.3, 0.4) is 0 Å². The number of hydrogen-bond acceptors (Lipinski definition) is 3. The second-order valence-electron chi connectivity index (χ2n) is 15.4. The summed E-state index contributed by atoms with van der Waals surface area (Å²) in [6.45, 7) is 5.99. The number of benzene rings is 8. The third-order valence-corrected chi connectivity index (χ3v) is 11.6. The minimum absolute atomic E-state index is 0.725. The molecular weight excluding hydrogens is 777 g/mol. The van der Waals surface area contributed by atoms with Gasteiger partial charge < -0.3 is 15.2 Å². The summed E-state index contributed by atoms with van der Waals surface area (Å²) in [6, 6.07) is 75.7. The summed E-state index contributed by atoms with van der Waals surface area (Å²) in [6.07, 6.45) is 7.70. The van der Waals surface area contributed by atoms with E-state index < -0.39 is 0 Å². The Bertz CT molecular complexity index is 3180. The summed E-state index contributed by atoms with van der Waals surface area (Å²) in [4.78, 5) is 6.85. The first-order valence-corrected chi connectivity index (χ1v) is 22.0. The van der Waals surface area contributed by atoms with Crippen molar-refractivity contribution in [2.45, 2.75) is 20.8 Å². The van der Waals surface area contributed by atoms with Gasteiger partial charge in [-0.1, -0.05) is 159 Å². The molecule has 0 saturated carbocycles. The van der Waals surface area contributed by atoms with Gasteiger partial charge in [0, 0.05) is 56.5 Å². The lowest BCUT2D eigenvalue weighted by atomic mass is 9.94. The van der Waals surface area contributed by atoms with E-state index in [1.807, 2.05) is 63.4 Å². The van der Waals surface area contributed by atoms with Gasteiger partial charge in [-0.3, -0.25) is 4.98 Å². The van der Waals surface area contributed by atoms with E-state index in [9.17, 15) is 0 Å². The van der Waals surface area contributed by atoms with Crippen LogP contribution < -0.4 is 10.6 Å². The van der Waals surface area contributed by atoms with E-state index in [-0.39, 0.29) is 0 Å². The Morgan fingerprint density at radius 2 is 1.03 bits per heavy atom. The number of nitrogens with zero attached hydrogens (tertiary/aromatic N) is 3. The molecule has 310 valence electrons. The number of aromatic nitrogens is 2. The smallest absolute Gasteiger partial charge is 0.0701 e. The van der Waals surface area contributed by atoms with Crippen LogP contribution in [0.15, 0.2) is 237 Å². The monoisotopic (exact) mass is 826 g/mol. The number of anilines is 3. The summed E-state index contributed by atoms with van der Waals surface area (Å²) in [5.41, 5.74) is 23.8. The van der Waals surface area contributed by atoms with Gasteiger partial charge in [-0.15, -0.1) is 0 Å². The number of para-hydroxylation sites is 2. The van der Waals surface area contributed by atoms with Gasteiger partial charge in [-0.2, -0.15) is 0 Å².